The minimum atomic E-state index is 0.136. The van der Waals surface area contributed by atoms with E-state index < -0.39 is 0 Å². The van der Waals surface area contributed by atoms with Gasteiger partial charge in [0, 0.05) is 11.1 Å². The second-order valence-electron chi connectivity index (χ2n) is 6.01. The third-order valence-electron chi connectivity index (χ3n) is 4.35. The predicted molar refractivity (Wildman–Crippen MR) is 94.7 cm³/mol. The fourth-order valence-electron chi connectivity index (χ4n) is 2.94. The normalized spacial score (nSPS) is 15.8. The Morgan fingerprint density at radius 1 is 1.12 bits per heavy atom. The van der Waals surface area contributed by atoms with E-state index in [1.807, 2.05) is 12.1 Å². The zero-order chi connectivity index (χ0) is 16.8. The third-order valence-corrected chi connectivity index (χ3v) is 4.35. The minimum Gasteiger partial charge on any atom is -0.504 e. The van der Waals surface area contributed by atoms with Gasteiger partial charge in [-0.2, -0.15) is 5.10 Å². The van der Waals surface area contributed by atoms with Crippen molar-refractivity contribution in [1.29, 1.82) is 0 Å². The second-order valence-corrected chi connectivity index (χ2v) is 6.01. The lowest BCUT2D eigenvalue weighted by atomic mass is 10.2. The van der Waals surface area contributed by atoms with Crippen LogP contribution in [-0.4, -0.2) is 49.6 Å². The molecule has 0 saturated carbocycles. The van der Waals surface area contributed by atoms with E-state index in [2.05, 4.69) is 40.4 Å². The molecule has 0 spiro atoms. The van der Waals surface area contributed by atoms with Gasteiger partial charge in [-0.1, -0.05) is 36.4 Å². The number of hydrogen-bond donors (Lipinski definition) is 2. The summed E-state index contributed by atoms with van der Waals surface area (Å²) in [6.45, 7) is 5.04. The Morgan fingerprint density at radius 2 is 1.88 bits per heavy atom. The smallest absolute Gasteiger partial charge is 0.166 e. The van der Waals surface area contributed by atoms with Gasteiger partial charge in [0.15, 0.2) is 11.5 Å². The van der Waals surface area contributed by atoms with Crippen LogP contribution in [0.15, 0.2) is 53.6 Å². The number of ether oxygens (including phenoxy) is 1. The molecule has 2 N–H and O–H groups in total. The van der Waals surface area contributed by atoms with Gasteiger partial charge in [-0.15, -0.1) is 0 Å². The molecule has 2 aromatic carbocycles. The molecule has 0 atom stereocenters. The number of phenols is 1. The largest absolute Gasteiger partial charge is 0.504 e. The number of hydrazone groups is 1. The topological polar surface area (TPSA) is 49.5 Å². The predicted octanol–water partition coefficient (Wildman–Crippen LogP) is 1.14. The maximum atomic E-state index is 10.1. The maximum Gasteiger partial charge on any atom is 0.166 e. The second kappa shape index (κ2) is 7.84. The molecule has 3 rings (SSSR count). The monoisotopic (exact) mass is 326 g/mol. The van der Waals surface area contributed by atoms with Crippen LogP contribution in [0.25, 0.3) is 0 Å². The van der Waals surface area contributed by atoms with Crippen LogP contribution in [-0.2, 0) is 6.54 Å². The minimum absolute atomic E-state index is 0.136. The number of benzene rings is 2. The summed E-state index contributed by atoms with van der Waals surface area (Å²) in [7, 11) is 1.55. The Labute approximate surface area is 142 Å². The quantitative estimate of drug-likeness (QED) is 0.810. The van der Waals surface area contributed by atoms with Crippen molar-refractivity contribution in [3.63, 3.8) is 0 Å². The van der Waals surface area contributed by atoms with Crippen LogP contribution >= 0.6 is 0 Å². The highest BCUT2D eigenvalue weighted by Gasteiger charge is 2.18. The first-order chi connectivity index (χ1) is 11.8. The molecule has 0 aromatic heterocycles. The van der Waals surface area contributed by atoms with Gasteiger partial charge < -0.3 is 14.7 Å². The van der Waals surface area contributed by atoms with Crippen molar-refractivity contribution in [2.75, 3.05) is 33.3 Å². The van der Waals surface area contributed by atoms with E-state index in [0.717, 1.165) is 32.7 Å². The summed E-state index contributed by atoms with van der Waals surface area (Å²) in [5.41, 5.74) is 2.05. The van der Waals surface area contributed by atoms with E-state index in [0.29, 0.717) is 11.3 Å². The number of para-hydroxylation sites is 1. The van der Waals surface area contributed by atoms with Gasteiger partial charge in [0.2, 0.25) is 0 Å². The number of nitrogens with zero attached hydrogens (tertiary/aromatic N) is 2. The Morgan fingerprint density at radius 3 is 2.58 bits per heavy atom. The zero-order valence-corrected chi connectivity index (χ0v) is 14.0. The number of hydrogen-bond acceptors (Lipinski definition) is 4. The fourth-order valence-corrected chi connectivity index (χ4v) is 2.94. The van der Waals surface area contributed by atoms with Crippen LogP contribution in [0.1, 0.15) is 11.1 Å². The summed E-state index contributed by atoms with van der Waals surface area (Å²) >= 11 is 0. The zero-order valence-electron chi connectivity index (χ0n) is 14.0. The fraction of sp³-hybridized carbons (Fsp3) is 0.316. The number of aromatic hydroxyl groups is 1. The number of phenolic OH excluding ortho intramolecular Hbond substituents is 1. The van der Waals surface area contributed by atoms with Gasteiger partial charge >= 0.3 is 0 Å². The van der Waals surface area contributed by atoms with Crippen molar-refractivity contribution in [3.05, 3.63) is 59.7 Å². The summed E-state index contributed by atoms with van der Waals surface area (Å²) < 4.78 is 5.12. The van der Waals surface area contributed by atoms with E-state index in [1.54, 1.807) is 24.3 Å². The number of piperazine rings is 1. The summed E-state index contributed by atoms with van der Waals surface area (Å²) in [5.74, 6) is 0.605. The molecule has 1 aliphatic heterocycles. The van der Waals surface area contributed by atoms with Crippen LogP contribution in [0.4, 0.5) is 0 Å². The summed E-state index contributed by atoms with van der Waals surface area (Å²) in [6, 6.07) is 16.0. The van der Waals surface area contributed by atoms with Crippen LogP contribution in [0.3, 0.4) is 0 Å². The molecule has 0 bridgehead atoms. The molecule has 0 aliphatic carbocycles. The summed E-state index contributed by atoms with van der Waals surface area (Å²) in [6.07, 6.45) is 1.71. The third kappa shape index (κ3) is 4.06. The van der Waals surface area contributed by atoms with Crippen molar-refractivity contribution < 1.29 is 14.7 Å². The van der Waals surface area contributed by atoms with E-state index in [-0.39, 0.29) is 5.75 Å². The maximum absolute atomic E-state index is 10.1. The number of nitrogens with one attached hydrogen (secondary N) is 1. The number of methoxy groups -OCH3 is 1. The number of quaternary nitrogens is 1. The van der Waals surface area contributed by atoms with Crippen LogP contribution in [0, 0.1) is 0 Å². The van der Waals surface area contributed by atoms with Gasteiger partial charge in [0.1, 0.15) is 6.54 Å². The Hall–Kier alpha value is -2.53. The summed E-state index contributed by atoms with van der Waals surface area (Å²) in [5, 5.41) is 16.7. The van der Waals surface area contributed by atoms with E-state index in [9.17, 15) is 5.11 Å². The summed E-state index contributed by atoms with van der Waals surface area (Å²) in [4.78, 5) is 1.58. The van der Waals surface area contributed by atoms with Crippen molar-refractivity contribution in [3.8, 4) is 11.5 Å². The van der Waals surface area contributed by atoms with E-state index in [1.165, 1.54) is 5.56 Å². The molecule has 1 aliphatic rings. The Kier molecular flexibility index (Phi) is 5.33. The molecule has 1 saturated heterocycles. The average Bonchev–Trinajstić information content (AvgIpc) is 2.63. The SMILES string of the molecule is COc1cccc(/C=N/N2CC[NH+](Cc3ccccc3)CC2)c1O. The molecular weight excluding hydrogens is 302 g/mol. The van der Waals surface area contributed by atoms with Gasteiger partial charge in [-0.25, -0.2) is 0 Å². The molecule has 1 fully saturated rings. The van der Waals surface area contributed by atoms with Gasteiger partial charge in [-0.05, 0) is 12.1 Å². The van der Waals surface area contributed by atoms with E-state index >= 15 is 0 Å². The molecule has 24 heavy (non-hydrogen) atoms. The highest BCUT2D eigenvalue weighted by Crippen LogP contribution is 2.28. The molecule has 1 heterocycles. The van der Waals surface area contributed by atoms with Crippen molar-refractivity contribution in [2.45, 2.75) is 6.54 Å². The molecule has 5 heteroatoms. The Bertz CT molecular complexity index is 680. The molecular formula is C19H24N3O2+. The molecule has 0 unspecified atom stereocenters. The van der Waals surface area contributed by atoms with Crippen molar-refractivity contribution in [1.82, 2.24) is 5.01 Å². The van der Waals surface area contributed by atoms with E-state index in [4.69, 9.17) is 4.74 Å². The molecule has 0 amide bonds. The lowest BCUT2D eigenvalue weighted by molar-refractivity contribution is -0.918. The highest BCUT2D eigenvalue weighted by molar-refractivity contribution is 5.84. The highest BCUT2D eigenvalue weighted by atomic mass is 16.5. The molecule has 2 aromatic rings. The Balaban J connectivity index is 1.54. The number of rotatable bonds is 5. The van der Waals surface area contributed by atoms with Gasteiger partial charge in [0.05, 0.1) is 39.5 Å². The first-order valence-electron chi connectivity index (χ1n) is 8.28. The average molecular weight is 326 g/mol. The van der Waals surface area contributed by atoms with Crippen molar-refractivity contribution >= 4 is 6.21 Å². The van der Waals surface area contributed by atoms with Crippen LogP contribution < -0.4 is 9.64 Å². The van der Waals surface area contributed by atoms with Crippen molar-refractivity contribution in [2.24, 2.45) is 5.10 Å². The van der Waals surface area contributed by atoms with Crippen LogP contribution in [0.2, 0.25) is 0 Å². The lowest BCUT2D eigenvalue weighted by Gasteiger charge is -2.30. The van der Waals surface area contributed by atoms with Crippen LogP contribution in [0.5, 0.6) is 11.5 Å². The first kappa shape index (κ1) is 16.3. The molecule has 126 valence electrons. The first-order valence-corrected chi connectivity index (χ1v) is 8.28. The standard InChI is InChI=1S/C19H23N3O2/c1-24-18-9-5-8-17(19(18)23)14-20-22-12-10-21(11-13-22)15-16-6-3-2-4-7-16/h2-9,14,23H,10-13,15H2,1H3/p+1/b20-14+. The molecule has 0 radical (unpaired) electrons. The van der Waals surface area contributed by atoms with Gasteiger partial charge in [0.25, 0.3) is 0 Å². The van der Waals surface area contributed by atoms with Gasteiger partial charge in [-0.3, -0.25) is 5.01 Å². The molecule has 5 nitrogen and oxygen atoms in total. The lowest BCUT2D eigenvalue weighted by Crippen LogP contribution is -3.13.